The van der Waals surface area contributed by atoms with Gasteiger partial charge in [-0.2, -0.15) is 4.72 Å². The van der Waals surface area contributed by atoms with Crippen molar-refractivity contribution >= 4 is 32.7 Å². The van der Waals surface area contributed by atoms with Crippen LogP contribution in [0.4, 0.5) is 0 Å². The van der Waals surface area contributed by atoms with Gasteiger partial charge in [0, 0.05) is 17.1 Å². The van der Waals surface area contributed by atoms with Crippen molar-refractivity contribution in [2.75, 3.05) is 0 Å². The standard InChI is InChI=1S/C29H34N4O4S/c1-18-6-8-23(9-7-18)38(36,37)33-26(13-22-17-30-25-5-3-2-4-24(22)25)27(34)31-32-28(35)29-14-19-10-20(15-29)12-21(11-19)16-29/h2-9,17,19-21,26,30,33H,10-16H2,1H3,(H,31,34)(H,32,35)/t19?,20?,21?,26-,29?/m0/s1. The lowest BCUT2D eigenvalue weighted by Gasteiger charge is -2.55. The molecule has 200 valence electrons. The summed E-state index contributed by atoms with van der Waals surface area (Å²) >= 11 is 0. The number of rotatable bonds is 7. The number of sulfonamides is 1. The number of H-pyrrole nitrogens is 1. The number of carbonyl (C=O) groups is 2. The van der Waals surface area contributed by atoms with E-state index in [-0.39, 0.29) is 17.2 Å². The Morgan fingerprint density at radius 1 is 0.947 bits per heavy atom. The quantitative estimate of drug-likeness (QED) is 0.345. The van der Waals surface area contributed by atoms with E-state index in [0.29, 0.717) is 17.8 Å². The van der Waals surface area contributed by atoms with Gasteiger partial charge in [-0.25, -0.2) is 8.42 Å². The predicted molar refractivity (Wildman–Crippen MR) is 144 cm³/mol. The average Bonchev–Trinajstić information content (AvgIpc) is 3.29. The van der Waals surface area contributed by atoms with Crippen molar-refractivity contribution in [2.24, 2.45) is 23.2 Å². The van der Waals surface area contributed by atoms with Gasteiger partial charge in [-0.15, -0.1) is 0 Å². The zero-order chi connectivity index (χ0) is 26.5. The monoisotopic (exact) mass is 534 g/mol. The van der Waals surface area contributed by atoms with Crippen molar-refractivity contribution in [3.05, 3.63) is 65.9 Å². The number of hydrogen-bond acceptors (Lipinski definition) is 4. The number of aromatic nitrogens is 1. The van der Waals surface area contributed by atoms with Gasteiger partial charge in [0.25, 0.3) is 5.91 Å². The van der Waals surface area contributed by atoms with Crippen molar-refractivity contribution in [3.63, 3.8) is 0 Å². The number of aromatic amines is 1. The molecule has 1 atom stereocenters. The highest BCUT2D eigenvalue weighted by atomic mass is 32.2. The number of nitrogens with one attached hydrogen (secondary N) is 4. The van der Waals surface area contributed by atoms with Gasteiger partial charge in [-0.1, -0.05) is 35.9 Å². The Bertz CT molecular complexity index is 1440. The Balaban J connectivity index is 1.21. The van der Waals surface area contributed by atoms with Crippen LogP contribution in [0.2, 0.25) is 0 Å². The minimum absolute atomic E-state index is 0.0810. The Morgan fingerprint density at radius 3 is 2.24 bits per heavy atom. The van der Waals surface area contributed by atoms with Gasteiger partial charge in [0.05, 0.1) is 10.3 Å². The second-order valence-electron chi connectivity index (χ2n) is 11.7. The molecular weight excluding hydrogens is 500 g/mol. The first-order valence-electron chi connectivity index (χ1n) is 13.4. The summed E-state index contributed by atoms with van der Waals surface area (Å²) in [6.45, 7) is 1.88. The van der Waals surface area contributed by atoms with Crippen LogP contribution in [0.25, 0.3) is 10.9 Å². The maximum Gasteiger partial charge on any atom is 0.256 e. The van der Waals surface area contributed by atoms with Crippen LogP contribution in [-0.2, 0) is 26.0 Å². The van der Waals surface area contributed by atoms with Gasteiger partial charge < -0.3 is 4.98 Å². The summed E-state index contributed by atoms with van der Waals surface area (Å²) < 4.78 is 29.0. The van der Waals surface area contributed by atoms with Gasteiger partial charge in [-0.05, 0) is 93.4 Å². The number of fused-ring (bicyclic) bond motifs is 1. The Morgan fingerprint density at radius 2 is 1.58 bits per heavy atom. The van der Waals surface area contributed by atoms with Crippen molar-refractivity contribution in [1.29, 1.82) is 0 Å². The maximum atomic E-state index is 13.4. The summed E-state index contributed by atoms with van der Waals surface area (Å²) in [7, 11) is -3.99. The largest absolute Gasteiger partial charge is 0.361 e. The number of carbonyl (C=O) groups excluding carboxylic acids is 2. The van der Waals surface area contributed by atoms with Crippen LogP contribution < -0.4 is 15.6 Å². The minimum atomic E-state index is -3.99. The van der Waals surface area contributed by atoms with Gasteiger partial charge in [0.1, 0.15) is 6.04 Å². The van der Waals surface area contributed by atoms with E-state index in [9.17, 15) is 18.0 Å². The molecule has 38 heavy (non-hydrogen) atoms. The molecule has 1 heterocycles. The first kappa shape index (κ1) is 25.1. The average molecular weight is 535 g/mol. The molecule has 2 amide bonds. The highest BCUT2D eigenvalue weighted by molar-refractivity contribution is 7.89. The van der Waals surface area contributed by atoms with Crippen molar-refractivity contribution < 1.29 is 18.0 Å². The Labute approximate surface area is 223 Å². The third-order valence-corrected chi connectivity index (χ3v) is 10.4. The third kappa shape index (κ3) is 4.73. The van der Waals surface area contributed by atoms with Crippen LogP contribution in [0.15, 0.2) is 59.6 Å². The molecule has 4 fully saturated rings. The first-order valence-corrected chi connectivity index (χ1v) is 14.9. The van der Waals surface area contributed by atoms with E-state index in [1.54, 1.807) is 18.3 Å². The number of aryl methyl sites for hydroxylation is 1. The molecule has 3 aromatic rings. The second kappa shape index (κ2) is 9.54. The maximum absolute atomic E-state index is 13.4. The lowest BCUT2D eigenvalue weighted by molar-refractivity contribution is -0.149. The van der Waals surface area contributed by atoms with Crippen LogP contribution >= 0.6 is 0 Å². The molecule has 7 rings (SSSR count). The molecule has 0 aliphatic heterocycles. The van der Waals surface area contributed by atoms with E-state index in [1.165, 1.54) is 31.4 Å². The number of amides is 2. The summed E-state index contributed by atoms with van der Waals surface area (Å²) in [6.07, 6.45) is 8.18. The van der Waals surface area contributed by atoms with Crippen molar-refractivity contribution in [2.45, 2.75) is 62.8 Å². The van der Waals surface area contributed by atoms with Crippen LogP contribution in [0.5, 0.6) is 0 Å². The van der Waals surface area contributed by atoms with E-state index in [1.807, 2.05) is 31.2 Å². The van der Waals surface area contributed by atoms with Gasteiger partial charge in [0.2, 0.25) is 15.9 Å². The second-order valence-corrected chi connectivity index (χ2v) is 13.4. The summed E-state index contributed by atoms with van der Waals surface area (Å²) in [4.78, 5) is 30.1. The van der Waals surface area contributed by atoms with Gasteiger partial charge >= 0.3 is 0 Å². The van der Waals surface area contributed by atoms with E-state index >= 15 is 0 Å². The fourth-order valence-corrected chi connectivity index (χ4v) is 8.60. The lowest BCUT2D eigenvalue weighted by atomic mass is 9.49. The fourth-order valence-electron chi connectivity index (χ4n) is 7.41. The molecule has 4 saturated carbocycles. The van der Waals surface area contributed by atoms with E-state index in [4.69, 9.17) is 0 Å². The minimum Gasteiger partial charge on any atom is -0.361 e. The molecule has 0 saturated heterocycles. The number of hydrazine groups is 1. The Kier molecular flexibility index (Phi) is 6.31. The molecule has 8 nitrogen and oxygen atoms in total. The molecule has 2 aromatic carbocycles. The van der Waals surface area contributed by atoms with E-state index < -0.39 is 27.4 Å². The Hall–Kier alpha value is -3.17. The summed E-state index contributed by atoms with van der Waals surface area (Å²) in [5, 5.41) is 0.914. The zero-order valence-electron chi connectivity index (χ0n) is 21.5. The third-order valence-electron chi connectivity index (χ3n) is 8.86. The zero-order valence-corrected chi connectivity index (χ0v) is 22.3. The molecule has 4 bridgehead atoms. The molecule has 1 aromatic heterocycles. The molecule has 4 aliphatic carbocycles. The lowest BCUT2D eigenvalue weighted by Crippen LogP contribution is -2.59. The molecule has 9 heteroatoms. The van der Waals surface area contributed by atoms with Crippen LogP contribution in [0.1, 0.15) is 49.7 Å². The topological polar surface area (TPSA) is 120 Å². The highest BCUT2D eigenvalue weighted by Crippen LogP contribution is 2.60. The summed E-state index contributed by atoms with van der Waals surface area (Å²) in [5.74, 6) is 1.05. The molecule has 0 unspecified atom stereocenters. The number of para-hydroxylation sites is 1. The van der Waals surface area contributed by atoms with E-state index in [0.717, 1.165) is 41.3 Å². The molecule has 4 aliphatic rings. The first-order chi connectivity index (χ1) is 18.2. The van der Waals surface area contributed by atoms with Crippen LogP contribution in [0.3, 0.4) is 0 Å². The normalized spacial score (nSPS) is 26.8. The SMILES string of the molecule is Cc1ccc(S(=O)(=O)N[C@@H](Cc2c[nH]c3ccccc23)C(=O)NNC(=O)C23CC4CC(CC(C4)C2)C3)cc1. The van der Waals surface area contributed by atoms with E-state index in [2.05, 4.69) is 20.6 Å². The molecular formula is C29H34N4O4S. The van der Waals surface area contributed by atoms with Crippen molar-refractivity contribution in [3.8, 4) is 0 Å². The summed E-state index contributed by atoms with van der Waals surface area (Å²) in [5.41, 5.74) is 7.48. The van der Waals surface area contributed by atoms with Crippen molar-refractivity contribution in [1.82, 2.24) is 20.6 Å². The predicted octanol–water partition coefficient (Wildman–Crippen LogP) is 3.73. The van der Waals surface area contributed by atoms with Gasteiger partial charge in [-0.3, -0.25) is 20.4 Å². The van der Waals surface area contributed by atoms with Gasteiger partial charge in [0.15, 0.2) is 0 Å². The molecule has 0 spiro atoms. The molecule has 0 radical (unpaired) electrons. The van der Waals surface area contributed by atoms with Crippen LogP contribution in [0, 0.1) is 30.1 Å². The fraction of sp³-hybridized carbons (Fsp3) is 0.448. The number of hydrogen-bond donors (Lipinski definition) is 4. The smallest absolute Gasteiger partial charge is 0.256 e. The highest BCUT2D eigenvalue weighted by Gasteiger charge is 2.54. The molecule has 4 N–H and O–H groups in total. The van der Waals surface area contributed by atoms with Crippen LogP contribution in [-0.4, -0.2) is 31.3 Å². The summed E-state index contributed by atoms with van der Waals surface area (Å²) in [6, 6.07) is 13.0. The number of benzene rings is 2.